The van der Waals surface area contributed by atoms with Gasteiger partial charge in [-0.3, -0.25) is 4.79 Å². The number of hydrogen-bond donors (Lipinski definition) is 2. The molecule has 2 rings (SSSR count). The van der Waals surface area contributed by atoms with Crippen LogP contribution in [-0.2, 0) is 4.79 Å². The second kappa shape index (κ2) is 6.06. The number of rotatable bonds is 3. The third kappa shape index (κ3) is 3.47. The summed E-state index contributed by atoms with van der Waals surface area (Å²) in [6.07, 6.45) is 1.23. The topological polar surface area (TPSA) is 52.6 Å². The molecule has 1 aromatic carbocycles. The van der Waals surface area contributed by atoms with Gasteiger partial charge in [0.1, 0.15) is 0 Å². The lowest BCUT2D eigenvalue weighted by Gasteiger charge is -2.28. The van der Waals surface area contributed by atoms with E-state index in [0.717, 1.165) is 26.1 Å². The van der Waals surface area contributed by atoms with Gasteiger partial charge in [0.25, 0.3) is 0 Å². The second-order valence-corrected chi connectivity index (χ2v) is 5.27. The van der Waals surface area contributed by atoms with Crippen molar-refractivity contribution in [2.24, 2.45) is 0 Å². The molecule has 1 heterocycles. The van der Waals surface area contributed by atoms with E-state index < -0.39 is 5.97 Å². The molecule has 0 amide bonds. The van der Waals surface area contributed by atoms with Crippen molar-refractivity contribution in [2.45, 2.75) is 32.7 Å². The molecule has 1 aliphatic heterocycles. The van der Waals surface area contributed by atoms with E-state index in [-0.39, 0.29) is 12.5 Å². The number of carboxylic acids is 1. The van der Waals surface area contributed by atoms with Crippen LogP contribution in [0.1, 0.15) is 24.0 Å². The van der Waals surface area contributed by atoms with Gasteiger partial charge in [-0.15, -0.1) is 0 Å². The molecule has 1 aromatic rings. The highest BCUT2D eigenvalue weighted by Gasteiger charge is 2.21. The van der Waals surface area contributed by atoms with Crippen LogP contribution in [-0.4, -0.2) is 36.8 Å². The average Bonchev–Trinajstić information content (AvgIpc) is 2.57. The Labute approximate surface area is 114 Å². The van der Waals surface area contributed by atoms with E-state index in [4.69, 9.17) is 5.11 Å². The van der Waals surface area contributed by atoms with E-state index in [1.807, 2.05) is 0 Å². The molecular weight excluding hydrogens is 240 g/mol. The number of aryl methyl sites for hydroxylation is 1. The Bertz CT molecular complexity index is 459. The van der Waals surface area contributed by atoms with Crippen molar-refractivity contribution in [3.63, 3.8) is 0 Å². The molecule has 0 bridgehead atoms. The molecular formula is C15H22N2O2. The monoisotopic (exact) mass is 262 g/mol. The summed E-state index contributed by atoms with van der Waals surface area (Å²) < 4.78 is 0. The maximum absolute atomic E-state index is 10.9. The summed E-state index contributed by atoms with van der Waals surface area (Å²) in [4.78, 5) is 13.2. The van der Waals surface area contributed by atoms with Gasteiger partial charge in [0, 0.05) is 24.8 Å². The van der Waals surface area contributed by atoms with Crippen molar-refractivity contribution in [3.05, 3.63) is 29.3 Å². The first-order valence-electron chi connectivity index (χ1n) is 6.84. The Balaban J connectivity index is 2.17. The fraction of sp³-hybridized carbons (Fsp3) is 0.533. The van der Waals surface area contributed by atoms with Crippen molar-refractivity contribution in [1.82, 2.24) is 5.32 Å². The highest BCUT2D eigenvalue weighted by Crippen LogP contribution is 2.24. The SMILES string of the molecule is Cc1cccc(N2CCCNC(CC(=O)O)C2)c1C. The van der Waals surface area contributed by atoms with Crippen molar-refractivity contribution in [1.29, 1.82) is 0 Å². The van der Waals surface area contributed by atoms with Gasteiger partial charge < -0.3 is 15.3 Å². The number of hydrogen-bond acceptors (Lipinski definition) is 3. The molecule has 104 valence electrons. The van der Waals surface area contributed by atoms with Crippen LogP contribution in [0.5, 0.6) is 0 Å². The van der Waals surface area contributed by atoms with Gasteiger partial charge in [0.15, 0.2) is 0 Å². The van der Waals surface area contributed by atoms with Crippen LogP contribution in [0.4, 0.5) is 5.69 Å². The zero-order valence-electron chi connectivity index (χ0n) is 11.6. The lowest BCUT2D eigenvalue weighted by Crippen LogP contribution is -2.39. The van der Waals surface area contributed by atoms with Gasteiger partial charge in [-0.05, 0) is 44.0 Å². The van der Waals surface area contributed by atoms with Crippen molar-refractivity contribution in [3.8, 4) is 0 Å². The number of nitrogens with zero attached hydrogens (tertiary/aromatic N) is 1. The molecule has 0 spiro atoms. The number of carbonyl (C=O) groups is 1. The maximum atomic E-state index is 10.9. The highest BCUT2D eigenvalue weighted by molar-refractivity contribution is 5.67. The Hall–Kier alpha value is -1.55. The van der Waals surface area contributed by atoms with Crippen LogP contribution >= 0.6 is 0 Å². The second-order valence-electron chi connectivity index (χ2n) is 5.27. The quantitative estimate of drug-likeness (QED) is 0.874. The Kier molecular flexibility index (Phi) is 4.43. The first-order valence-corrected chi connectivity index (χ1v) is 6.84. The number of nitrogens with one attached hydrogen (secondary N) is 1. The van der Waals surface area contributed by atoms with Crippen LogP contribution in [0.25, 0.3) is 0 Å². The zero-order valence-corrected chi connectivity index (χ0v) is 11.6. The van der Waals surface area contributed by atoms with Crippen LogP contribution in [0, 0.1) is 13.8 Å². The van der Waals surface area contributed by atoms with Gasteiger partial charge >= 0.3 is 5.97 Å². The average molecular weight is 262 g/mol. The molecule has 0 aliphatic carbocycles. The highest BCUT2D eigenvalue weighted by atomic mass is 16.4. The van der Waals surface area contributed by atoms with Gasteiger partial charge in [0.2, 0.25) is 0 Å². The molecule has 1 atom stereocenters. The summed E-state index contributed by atoms with van der Waals surface area (Å²) in [6, 6.07) is 6.34. The zero-order chi connectivity index (χ0) is 13.8. The molecule has 1 unspecified atom stereocenters. The van der Waals surface area contributed by atoms with Gasteiger partial charge in [-0.2, -0.15) is 0 Å². The molecule has 1 aliphatic rings. The molecule has 0 saturated carbocycles. The van der Waals surface area contributed by atoms with Crippen LogP contribution < -0.4 is 10.2 Å². The predicted octanol–water partition coefficient (Wildman–Crippen LogP) is 1.95. The molecule has 4 heteroatoms. The molecule has 0 aromatic heterocycles. The minimum atomic E-state index is -0.736. The van der Waals surface area contributed by atoms with Crippen molar-refractivity contribution >= 4 is 11.7 Å². The number of carboxylic acid groups (broad SMARTS) is 1. The minimum Gasteiger partial charge on any atom is -0.481 e. The van der Waals surface area contributed by atoms with Crippen LogP contribution in [0.3, 0.4) is 0 Å². The third-order valence-corrected chi connectivity index (χ3v) is 3.82. The molecule has 0 radical (unpaired) electrons. The fourth-order valence-corrected chi connectivity index (χ4v) is 2.64. The smallest absolute Gasteiger partial charge is 0.304 e. The summed E-state index contributed by atoms with van der Waals surface area (Å²) in [7, 11) is 0. The first kappa shape index (κ1) is 13.9. The molecule has 19 heavy (non-hydrogen) atoms. The molecule has 4 nitrogen and oxygen atoms in total. The maximum Gasteiger partial charge on any atom is 0.304 e. The van der Waals surface area contributed by atoms with Crippen molar-refractivity contribution < 1.29 is 9.90 Å². The molecule has 2 N–H and O–H groups in total. The lowest BCUT2D eigenvalue weighted by atomic mass is 10.1. The van der Waals surface area contributed by atoms with E-state index in [9.17, 15) is 4.79 Å². The number of benzene rings is 1. The van der Waals surface area contributed by atoms with Crippen LogP contribution in [0.2, 0.25) is 0 Å². The molecule has 1 fully saturated rings. The third-order valence-electron chi connectivity index (χ3n) is 3.82. The van der Waals surface area contributed by atoms with E-state index in [0.29, 0.717) is 0 Å². The van der Waals surface area contributed by atoms with Crippen LogP contribution in [0.15, 0.2) is 18.2 Å². The normalized spacial score (nSPS) is 20.1. The Morgan fingerprint density at radius 2 is 2.26 bits per heavy atom. The van der Waals surface area contributed by atoms with E-state index in [1.165, 1.54) is 16.8 Å². The summed E-state index contributed by atoms with van der Waals surface area (Å²) in [5, 5.41) is 12.3. The summed E-state index contributed by atoms with van der Waals surface area (Å²) in [5.41, 5.74) is 3.81. The van der Waals surface area contributed by atoms with Gasteiger partial charge in [0.05, 0.1) is 6.42 Å². The predicted molar refractivity (Wildman–Crippen MR) is 76.8 cm³/mol. The van der Waals surface area contributed by atoms with E-state index in [2.05, 4.69) is 42.3 Å². The minimum absolute atomic E-state index is 0.0277. The van der Waals surface area contributed by atoms with E-state index >= 15 is 0 Å². The van der Waals surface area contributed by atoms with Gasteiger partial charge in [-0.25, -0.2) is 0 Å². The van der Waals surface area contributed by atoms with E-state index in [1.54, 1.807) is 0 Å². The Morgan fingerprint density at radius 1 is 1.47 bits per heavy atom. The largest absolute Gasteiger partial charge is 0.481 e. The lowest BCUT2D eigenvalue weighted by molar-refractivity contribution is -0.137. The standard InChI is InChI=1S/C15H22N2O2/c1-11-5-3-6-14(12(11)2)17-8-4-7-16-13(10-17)9-15(18)19/h3,5-6,13,16H,4,7-10H2,1-2H3,(H,18,19). The number of aliphatic carboxylic acids is 1. The fourth-order valence-electron chi connectivity index (χ4n) is 2.64. The summed E-state index contributed by atoms with van der Waals surface area (Å²) in [5.74, 6) is -0.736. The Morgan fingerprint density at radius 3 is 3.00 bits per heavy atom. The summed E-state index contributed by atoms with van der Waals surface area (Å²) >= 11 is 0. The van der Waals surface area contributed by atoms with Crippen molar-refractivity contribution in [2.75, 3.05) is 24.5 Å². The van der Waals surface area contributed by atoms with Gasteiger partial charge in [-0.1, -0.05) is 12.1 Å². The molecule has 1 saturated heterocycles. The summed E-state index contributed by atoms with van der Waals surface area (Å²) in [6.45, 7) is 6.88. The first-order chi connectivity index (χ1) is 9.08. The number of anilines is 1.